The number of piperidine rings is 2. The lowest BCUT2D eigenvalue weighted by Crippen LogP contribution is -2.31. The quantitative estimate of drug-likeness (QED) is 0.372. The molecule has 1 unspecified atom stereocenters. The van der Waals surface area contributed by atoms with Gasteiger partial charge in [0.15, 0.2) is 0 Å². The van der Waals surface area contributed by atoms with Crippen molar-refractivity contribution in [3.05, 3.63) is 36.0 Å². The third-order valence-electron chi connectivity index (χ3n) is 9.33. The Balaban J connectivity index is 0.00000304. The van der Waals surface area contributed by atoms with Crippen LogP contribution in [0.1, 0.15) is 102 Å². The Hall–Kier alpha value is -1.65. The summed E-state index contributed by atoms with van der Waals surface area (Å²) in [5, 5.41) is 8.41. The van der Waals surface area contributed by atoms with Crippen LogP contribution in [-0.4, -0.2) is 36.5 Å². The molecule has 1 aliphatic carbocycles. The van der Waals surface area contributed by atoms with Crippen LogP contribution in [0.25, 0.3) is 10.9 Å². The minimum absolute atomic E-state index is 0. The molecule has 200 valence electrons. The largest absolute Gasteiger partial charge is 0.347 e. The molecule has 1 atom stereocenters. The third-order valence-corrected chi connectivity index (χ3v) is 9.33. The van der Waals surface area contributed by atoms with Crippen molar-refractivity contribution in [3.8, 4) is 0 Å². The van der Waals surface area contributed by atoms with E-state index in [0.717, 1.165) is 63.8 Å². The Morgan fingerprint density at radius 3 is 2.33 bits per heavy atom. The number of rotatable bonds is 10. The molecule has 3 heterocycles. The van der Waals surface area contributed by atoms with E-state index in [-0.39, 0.29) is 7.43 Å². The lowest BCUT2D eigenvalue weighted by atomic mass is 9.77. The van der Waals surface area contributed by atoms with Gasteiger partial charge in [-0.05, 0) is 113 Å². The van der Waals surface area contributed by atoms with Crippen LogP contribution in [0.15, 0.2) is 30.5 Å². The normalized spacial score (nSPS) is 21.3. The van der Waals surface area contributed by atoms with Crippen molar-refractivity contribution in [1.82, 2.24) is 15.2 Å². The minimum atomic E-state index is 0. The molecule has 36 heavy (non-hydrogen) atoms. The van der Waals surface area contributed by atoms with Crippen molar-refractivity contribution in [2.45, 2.75) is 103 Å². The predicted molar refractivity (Wildman–Crippen MR) is 153 cm³/mol. The van der Waals surface area contributed by atoms with Crippen LogP contribution in [0.3, 0.4) is 0 Å². The molecule has 2 N–H and O–H groups in total. The third kappa shape index (κ3) is 7.01. The second-order valence-corrected chi connectivity index (χ2v) is 11.8. The summed E-state index contributed by atoms with van der Waals surface area (Å²) in [6.07, 6.45) is 18.1. The van der Waals surface area contributed by atoms with Gasteiger partial charge in [-0.25, -0.2) is 0 Å². The van der Waals surface area contributed by atoms with Crippen LogP contribution >= 0.6 is 0 Å². The first kappa shape index (κ1) is 27.4. The SMILES string of the molecule is C.O=C(CCCC1CCNCC1)CC(c1cn(CC2CCCCC2)c2ccccc12)C1CCNCC1. The molecule has 5 rings (SSSR count). The number of para-hydroxylation sites is 1. The zero-order valence-corrected chi connectivity index (χ0v) is 21.8. The fourth-order valence-corrected chi connectivity index (χ4v) is 7.25. The zero-order valence-electron chi connectivity index (χ0n) is 21.8. The summed E-state index contributed by atoms with van der Waals surface area (Å²) >= 11 is 0. The summed E-state index contributed by atoms with van der Waals surface area (Å²) in [5.74, 6) is 3.09. The van der Waals surface area contributed by atoms with Gasteiger partial charge < -0.3 is 15.2 Å². The number of ketones is 1. The molecule has 2 aliphatic heterocycles. The highest BCUT2D eigenvalue weighted by Gasteiger charge is 2.30. The summed E-state index contributed by atoms with van der Waals surface area (Å²) < 4.78 is 2.55. The lowest BCUT2D eigenvalue weighted by Gasteiger charge is -2.30. The predicted octanol–water partition coefficient (Wildman–Crippen LogP) is 7.07. The number of Topliss-reactive ketones (excluding diaryl/α,β-unsaturated/α-hetero) is 1. The first-order valence-electron chi connectivity index (χ1n) is 14.8. The van der Waals surface area contributed by atoms with Gasteiger partial charge in [-0.3, -0.25) is 4.79 Å². The monoisotopic (exact) mass is 493 g/mol. The number of aromatic nitrogens is 1. The van der Waals surface area contributed by atoms with Crippen molar-refractivity contribution >= 4 is 16.7 Å². The summed E-state index contributed by atoms with van der Waals surface area (Å²) in [5.41, 5.74) is 2.83. The Morgan fingerprint density at radius 1 is 0.889 bits per heavy atom. The molecule has 0 spiro atoms. The standard InChI is InChI=1S/C31H47N3O.CH4/c35-27(10-6-9-24-13-17-32-18-14-24)21-29(26-15-19-33-20-16-26)30-23-34(22-25-7-2-1-3-8-25)31-12-5-4-11-28(30)31;/h4-5,11-12,23-26,29,32-33H,1-3,6-10,13-22H2;1H4. The number of hydrogen-bond donors (Lipinski definition) is 2. The number of hydrogen-bond acceptors (Lipinski definition) is 3. The smallest absolute Gasteiger partial charge is 0.133 e. The summed E-state index contributed by atoms with van der Waals surface area (Å²) in [6.45, 7) is 5.63. The molecule has 4 nitrogen and oxygen atoms in total. The van der Waals surface area contributed by atoms with E-state index in [0.29, 0.717) is 17.6 Å². The van der Waals surface area contributed by atoms with Crippen LogP contribution in [-0.2, 0) is 11.3 Å². The molecule has 3 fully saturated rings. The summed E-state index contributed by atoms with van der Waals surface area (Å²) in [6, 6.07) is 9.01. The second kappa shape index (κ2) is 13.8. The van der Waals surface area contributed by atoms with E-state index in [1.54, 1.807) is 0 Å². The van der Waals surface area contributed by atoms with Gasteiger partial charge >= 0.3 is 0 Å². The van der Waals surface area contributed by atoms with Crippen LogP contribution in [0.4, 0.5) is 0 Å². The van der Waals surface area contributed by atoms with E-state index in [1.165, 1.54) is 80.7 Å². The van der Waals surface area contributed by atoms with Crippen LogP contribution in [0.2, 0.25) is 0 Å². The van der Waals surface area contributed by atoms with E-state index >= 15 is 0 Å². The molecular weight excluding hydrogens is 442 g/mol. The van der Waals surface area contributed by atoms with Crippen molar-refractivity contribution in [1.29, 1.82) is 0 Å². The number of benzene rings is 1. The van der Waals surface area contributed by atoms with Gasteiger partial charge in [0, 0.05) is 36.5 Å². The topological polar surface area (TPSA) is 46.1 Å². The number of carbonyl (C=O) groups is 1. The maximum absolute atomic E-state index is 13.3. The van der Waals surface area contributed by atoms with E-state index in [2.05, 4.69) is 45.7 Å². The number of fused-ring (bicyclic) bond motifs is 1. The van der Waals surface area contributed by atoms with Gasteiger partial charge in [-0.15, -0.1) is 0 Å². The second-order valence-electron chi connectivity index (χ2n) is 11.8. The van der Waals surface area contributed by atoms with Gasteiger partial charge in [-0.1, -0.05) is 44.9 Å². The fourth-order valence-electron chi connectivity index (χ4n) is 7.25. The maximum Gasteiger partial charge on any atom is 0.133 e. The van der Waals surface area contributed by atoms with Gasteiger partial charge in [0.2, 0.25) is 0 Å². The molecule has 3 aliphatic rings. The van der Waals surface area contributed by atoms with E-state index < -0.39 is 0 Å². The minimum Gasteiger partial charge on any atom is -0.347 e. The van der Waals surface area contributed by atoms with Gasteiger partial charge in [0.25, 0.3) is 0 Å². The van der Waals surface area contributed by atoms with Crippen LogP contribution in [0, 0.1) is 17.8 Å². The molecule has 1 aromatic heterocycles. The Morgan fingerprint density at radius 2 is 1.58 bits per heavy atom. The van der Waals surface area contributed by atoms with Crippen molar-refractivity contribution in [2.24, 2.45) is 17.8 Å². The van der Waals surface area contributed by atoms with Crippen molar-refractivity contribution < 1.29 is 4.79 Å². The molecule has 2 saturated heterocycles. The van der Waals surface area contributed by atoms with E-state index in [1.807, 2.05) is 0 Å². The first-order chi connectivity index (χ1) is 17.3. The van der Waals surface area contributed by atoms with Crippen LogP contribution in [0.5, 0.6) is 0 Å². The molecule has 0 bridgehead atoms. The van der Waals surface area contributed by atoms with Gasteiger partial charge in [-0.2, -0.15) is 0 Å². The van der Waals surface area contributed by atoms with E-state index in [4.69, 9.17) is 0 Å². The van der Waals surface area contributed by atoms with Gasteiger partial charge in [0.05, 0.1) is 0 Å². The molecule has 0 radical (unpaired) electrons. The maximum atomic E-state index is 13.3. The van der Waals surface area contributed by atoms with Gasteiger partial charge in [0.1, 0.15) is 5.78 Å². The highest BCUT2D eigenvalue weighted by molar-refractivity contribution is 5.86. The average molecular weight is 494 g/mol. The number of carbonyl (C=O) groups excluding carboxylic acids is 1. The molecular formula is C32H51N3O. The summed E-state index contributed by atoms with van der Waals surface area (Å²) in [7, 11) is 0. The summed E-state index contributed by atoms with van der Waals surface area (Å²) in [4.78, 5) is 13.3. The number of nitrogens with zero attached hydrogens (tertiary/aromatic N) is 1. The molecule has 1 saturated carbocycles. The van der Waals surface area contributed by atoms with Crippen molar-refractivity contribution in [3.63, 3.8) is 0 Å². The zero-order chi connectivity index (χ0) is 23.9. The average Bonchev–Trinajstić information content (AvgIpc) is 3.27. The Labute approximate surface area is 220 Å². The molecule has 4 heteroatoms. The molecule has 1 aromatic carbocycles. The highest BCUT2D eigenvalue weighted by atomic mass is 16.1. The Bertz CT molecular complexity index is 932. The number of nitrogens with one attached hydrogen (secondary N) is 2. The highest BCUT2D eigenvalue weighted by Crippen LogP contribution is 2.40. The fraction of sp³-hybridized carbons (Fsp3) is 0.719. The van der Waals surface area contributed by atoms with Crippen molar-refractivity contribution in [2.75, 3.05) is 26.2 Å². The first-order valence-corrected chi connectivity index (χ1v) is 14.8. The lowest BCUT2D eigenvalue weighted by molar-refractivity contribution is -0.119. The molecule has 2 aromatic rings. The van der Waals surface area contributed by atoms with E-state index in [9.17, 15) is 4.79 Å². The molecule has 0 amide bonds. The Kier molecular flexibility index (Phi) is 10.5. The van der Waals surface area contributed by atoms with Crippen LogP contribution < -0.4 is 10.6 Å².